The van der Waals surface area contributed by atoms with Gasteiger partial charge < -0.3 is 39.1 Å². The molecule has 0 radical (unpaired) electrons. The Morgan fingerprint density at radius 1 is 0.441 bits per heavy atom. The maximum Gasteiger partial charge on any atom is 0.203 e. The fourth-order valence-corrected chi connectivity index (χ4v) is 3.71. The van der Waals surface area contributed by atoms with Gasteiger partial charge in [-0.3, -0.25) is 0 Å². The molecule has 0 aliphatic rings. The highest BCUT2D eigenvalue weighted by molar-refractivity contribution is 5.59. The third-order valence-electron chi connectivity index (χ3n) is 5.42. The zero-order chi connectivity index (χ0) is 24.5. The van der Waals surface area contributed by atoms with Crippen molar-refractivity contribution in [3.05, 3.63) is 59.7 Å². The molecule has 0 fully saturated rings. The Morgan fingerprint density at radius 3 is 1.09 bits per heavy atom. The molecule has 0 amide bonds. The van der Waals surface area contributed by atoms with E-state index in [4.69, 9.17) is 28.4 Å². The molecule has 0 unspecified atom stereocenters. The van der Waals surface area contributed by atoms with E-state index in [-0.39, 0.29) is 0 Å². The van der Waals surface area contributed by atoms with Crippen LogP contribution < -0.4 is 39.1 Å². The van der Waals surface area contributed by atoms with E-state index in [1.165, 1.54) is 0 Å². The molecule has 0 heterocycles. The van der Waals surface area contributed by atoms with E-state index < -0.39 is 0 Å². The number of anilines is 2. The van der Waals surface area contributed by atoms with Crippen LogP contribution in [0.25, 0.3) is 0 Å². The molecular weight excluding hydrogens is 436 g/mol. The van der Waals surface area contributed by atoms with Gasteiger partial charge in [0.05, 0.1) is 42.7 Å². The van der Waals surface area contributed by atoms with Gasteiger partial charge in [-0.05, 0) is 48.5 Å². The van der Waals surface area contributed by atoms with Gasteiger partial charge in [-0.1, -0.05) is 0 Å². The van der Waals surface area contributed by atoms with Crippen LogP contribution >= 0.6 is 0 Å². The van der Waals surface area contributed by atoms with Crippen LogP contribution in [0.5, 0.6) is 34.5 Å². The smallest absolute Gasteiger partial charge is 0.203 e. The molecular formula is C26H32N2O6. The first-order valence-electron chi connectivity index (χ1n) is 10.7. The van der Waals surface area contributed by atoms with Crippen molar-refractivity contribution in [3.8, 4) is 34.5 Å². The van der Waals surface area contributed by atoms with Crippen molar-refractivity contribution in [1.29, 1.82) is 0 Å². The zero-order valence-electron chi connectivity index (χ0n) is 20.5. The van der Waals surface area contributed by atoms with Crippen LogP contribution in [0.4, 0.5) is 11.4 Å². The summed E-state index contributed by atoms with van der Waals surface area (Å²) >= 11 is 0. The molecule has 0 spiro atoms. The molecule has 3 aromatic carbocycles. The molecule has 0 saturated heterocycles. The van der Waals surface area contributed by atoms with Crippen molar-refractivity contribution in [2.75, 3.05) is 53.3 Å². The molecule has 0 saturated carbocycles. The number of nitrogens with one attached hydrogen (secondary N) is 2. The van der Waals surface area contributed by atoms with E-state index in [2.05, 4.69) is 10.6 Å². The molecule has 34 heavy (non-hydrogen) atoms. The molecule has 3 aromatic rings. The van der Waals surface area contributed by atoms with E-state index >= 15 is 0 Å². The Balaban J connectivity index is 1.66. The summed E-state index contributed by atoms with van der Waals surface area (Å²) in [5.41, 5.74) is 3.88. The van der Waals surface area contributed by atoms with E-state index in [0.717, 1.165) is 22.5 Å². The first-order valence-corrected chi connectivity index (χ1v) is 10.7. The third kappa shape index (κ3) is 5.33. The molecule has 0 bridgehead atoms. The van der Waals surface area contributed by atoms with Gasteiger partial charge in [-0.2, -0.15) is 0 Å². The van der Waals surface area contributed by atoms with Crippen molar-refractivity contribution >= 4 is 11.4 Å². The molecule has 0 atom stereocenters. The Morgan fingerprint density at radius 2 is 0.794 bits per heavy atom. The molecule has 0 aliphatic heterocycles. The first-order chi connectivity index (χ1) is 16.6. The second-order valence-electron chi connectivity index (χ2n) is 7.27. The Hall–Kier alpha value is -3.94. The van der Waals surface area contributed by atoms with Crippen LogP contribution in [0.3, 0.4) is 0 Å². The number of methoxy groups -OCH3 is 6. The molecule has 182 valence electrons. The maximum absolute atomic E-state index is 5.56. The minimum atomic E-state index is 0.569. The van der Waals surface area contributed by atoms with Gasteiger partial charge >= 0.3 is 0 Å². The van der Waals surface area contributed by atoms with Crippen molar-refractivity contribution in [2.24, 2.45) is 0 Å². The van der Waals surface area contributed by atoms with Crippen LogP contribution in [-0.2, 0) is 13.1 Å². The van der Waals surface area contributed by atoms with Gasteiger partial charge in [-0.25, -0.2) is 0 Å². The summed E-state index contributed by atoms with van der Waals surface area (Å²) in [5.74, 6) is 3.71. The van der Waals surface area contributed by atoms with Gasteiger partial charge in [0.25, 0.3) is 0 Å². The van der Waals surface area contributed by atoms with Crippen LogP contribution in [-0.4, -0.2) is 42.7 Å². The summed E-state index contributed by atoms with van der Waals surface area (Å²) < 4.78 is 32.7. The minimum absolute atomic E-state index is 0.569. The second kappa shape index (κ2) is 11.8. The van der Waals surface area contributed by atoms with Crippen LogP contribution in [0.2, 0.25) is 0 Å². The van der Waals surface area contributed by atoms with E-state index in [9.17, 15) is 0 Å². The van der Waals surface area contributed by atoms with Gasteiger partial charge in [0.2, 0.25) is 11.5 Å². The summed E-state index contributed by atoms with van der Waals surface area (Å²) in [5, 5.41) is 6.83. The molecule has 3 rings (SSSR count). The number of ether oxygens (including phenoxy) is 6. The van der Waals surface area contributed by atoms with E-state index in [0.29, 0.717) is 47.6 Å². The molecule has 8 nitrogen and oxygen atoms in total. The normalized spacial score (nSPS) is 10.3. The van der Waals surface area contributed by atoms with E-state index in [1.54, 1.807) is 42.7 Å². The van der Waals surface area contributed by atoms with Crippen LogP contribution in [0.15, 0.2) is 48.5 Å². The van der Waals surface area contributed by atoms with Crippen LogP contribution in [0.1, 0.15) is 11.1 Å². The monoisotopic (exact) mass is 468 g/mol. The first kappa shape index (κ1) is 24.7. The van der Waals surface area contributed by atoms with E-state index in [1.807, 2.05) is 48.5 Å². The topological polar surface area (TPSA) is 79.4 Å². The Labute approximate surface area is 200 Å². The summed E-state index contributed by atoms with van der Waals surface area (Å²) in [6, 6.07) is 15.7. The number of hydrogen-bond donors (Lipinski definition) is 2. The molecule has 0 aliphatic carbocycles. The average molecular weight is 469 g/mol. The fraction of sp³-hybridized carbons (Fsp3) is 0.308. The standard InChI is InChI=1S/C26H32N2O6/c1-29-21-13-7-17(23(31-3)25(21)33-5)15-27-19-9-11-20(12-10-19)28-16-18-8-14-22(30-2)26(34-6)24(18)32-4/h7-14,27-28H,15-16H2,1-6H3. The molecule has 8 heteroatoms. The summed E-state index contributed by atoms with van der Waals surface area (Å²) in [4.78, 5) is 0. The lowest BCUT2D eigenvalue weighted by molar-refractivity contribution is 0.322. The predicted molar refractivity (Wildman–Crippen MR) is 133 cm³/mol. The summed E-state index contributed by atoms with van der Waals surface area (Å²) in [6.07, 6.45) is 0. The number of benzene rings is 3. The average Bonchev–Trinajstić information content (AvgIpc) is 2.89. The highest BCUT2D eigenvalue weighted by Crippen LogP contribution is 2.41. The van der Waals surface area contributed by atoms with Crippen molar-refractivity contribution < 1.29 is 28.4 Å². The minimum Gasteiger partial charge on any atom is -0.493 e. The Kier molecular flexibility index (Phi) is 8.56. The lowest BCUT2D eigenvalue weighted by atomic mass is 10.1. The number of hydrogen-bond acceptors (Lipinski definition) is 8. The molecule has 2 N–H and O–H groups in total. The third-order valence-corrected chi connectivity index (χ3v) is 5.42. The zero-order valence-corrected chi connectivity index (χ0v) is 20.5. The van der Waals surface area contributed by atoms with Gasteiger partial charge in [0, 0.05) is 35.6 Å². The summed E-state index contributed by atoms with van der Waals surface area (Å²) in [7, 11) is 9.64. The maximum atomic E-state index is 5.56. The fourth-order valence-electron chi connectivity index (χ4n) is 3.71. The largest absolute Gasteiger partial charge is 0.493 e. The highest BCUT2D eigenvalue weighted by Gasteiger charge is 2.16. The Bertz CT molecular complexity index is 999. The highest BCUT2D eigenvalue weighted by atomic mass is 16.5. The van der Waals surface area contributed by atoms with Crippen LogP contribution in [0, 0.1) is 0 Å². The predicted octanol–water partition coefficient (Wildman–Crippen LogP) is 4.96. The quantitative estimate of drug-likeness (QED) is 0.386. The van der Waals surface area contributed by atoms with Gasteiger partial charge in [-0.15, -0.1) is 0 Å². The lowest BCUT2D eigenvalue weighted by Crippen LogP contribution is -2.05. The van der Waals surface area contributed by atoms with Crippen molar-refractivity contribution in [2.45, 2.75) is 13.1 Å². The number of rotatable bonds is 12. The van der Waals surface area contributed by atoms with Crippen molar-refractivity contribution in [3.63, 3.8) is 0 Å². The van der Waals surface area contributed by atoms with Gasteiger partial charge in [0.15, 0.2) is 23.0 Å². The lowest BCUT2D eigenvalue weighted by Gasteiger charge is -2.17. The van der Waals surface area contributed by atoms with Crippen molar-refractivity contribution in [1.82, 2.24) is 0 Å². The summed E-state index contributed by atoms with van der Waals surface area (Å²) in [6.45, 7) is 1.14. The second-order valence-corrected chi connectivity index (χ2v) is 7.27. The molecule has 0 aromatic heterocycles. The SMILES string of the molecule is COc1ccc(CNc2ccc(NCc3ccc(OC)c(OC)c3OC)cc2)c(OC)c1OC. The van der Waals surface area contributed by atoms with Gasteiger partial charge in [0.1, 0.15) is 0 Å².